The largest absolute Gasteiger partial charge is 0.465 e. The standard InChI is InChI=1S/C16H14Cl2O4S/c1-9-4-14(10-5-11(17)7-12(18)6-10)15(23(3,20)21)8-13(9)16(19)22-2/h4-8H,1-3H3. The maximum absolute atomic E-state index is 12.2. The summed E-state index contributed by atoms with van der Waals surface area (Å²) in [6.07, 6.45) is 1.08. The summed E-state index contributed by atoms with van der Waals surface area (Å²) in [6, 6.07) is 7.73. The third-order valence-corrected chi connectivity index (χ3v) is 4.88. The summed E-state index contributed by atoms with van der Waals surface area (Å²) in [7, 11) is -2.34. The molecule has 0 heterocycles. The first-order chi connectivity index (χ1) is 10.6. The van der Waals surface area contributed by atoms with Gasteiger partial charge in [0.05, 0.1) is 17.6 Å². The monoisotopic (exact) mass is 372 g/mol. The van der Waals surface area contributed by atoms with Crippen LogP contribution in [0.15, 0.2) is 35.2 Å². The van der Waals surface area contributed by atoms with E-state index in [-0.39, 0.29) is 10.5 Å². The van der Waals surface area contributed by atoms with Gasteiger partial charge in [0.25, 0.3) is 0 Å². The lowest BCUT2D eigenvalue weighted by atomic mass is 9.99. The van der Waals surface area contributed by atoms with E-state index in [2.05, 4.69) is 0 Å². The first-order valence-electron chi connectivity index (χ1n) is 6.53. The van der Waals surface area contributed by atoms with Crippen molar-refractivity contribution in [3.05, 3.63) is 51.5 Å². The van der Waals surface area contributed by atoms with Crippen molar-refractivity contribution in [3.63, 3.8) is 0 Å². The molecule has 0 fully saturated rings. The quantitative estimate of drug-likeness (QED) is 0.758. The van der Waals surface area contributed by atoms with E-state index in [0.29, 0.717) is 26.7 Å². The van der Waals surface area contributed by atoms with E-state index >= 15 is 0 Å². The Labute approximate surface area is 144 Å². The summed E-state index contributed by atoms with van der Waals surface area (Å²) in [5.74, 6) is -0.594. The number of rotatable bonds is 3. The molecule has 0 aromatic heterocycles. The second-order valence-electron chi connectivity index (χ2n) is 5.09. The van der Waals surface area contributed by atoms with Crippen LogP contribution in [0.25, 0.3) is 11.1 Å². The fourth-order valence-corrected chi connectivity index (χ4v) is 3.69. The average molecular weight is 373 g/mol. The van der Waals surface area contributed by atoms with E-state index in [0.717, 1.165) is 6.26 Å². The number of hydrogen-bond donors (Lipinski definition) is 0. The first-order valence-corrected chi connectivity index (χ1v) is 9.17. The Bertz CT molecular complexity index is 869. The van der Waals surface area contributed by atoms with Gasteiger partial charge in [0.15, 0.2) is 9.84 Å². The normalized spacial score (nSPS) is 11.3. The molecule has 0 N–H and O–H groups in total. The Morgan fingerprint density at radius 1 is 1.04 bits per heavy atom. The Kier molecular flexibility index (Phi) is 5.04. The van der Waals surface area contributed by atoms with Crippen molar-refractivity contribution in [3.8, 4) is 11.1 Å². The van der Waals surface area contributed by atoms with Crippen molar-refractivity contribution in [2.45, 2.75) is 11.8 Å². The lowest BCUT2D eigenvalue weighted by molar-refractivity contribution is 0.0599. The number of benzene rings is 2. The third-order valence-electron chi connectivity index (χ3n) is 3.30. The molecular formula is C16H14Cl2O4S. The molecule has 2 rings (SSSR count). The lowest BCUT2D eigenvalue weighted by Crippen LogP contribution is -2.08. The number of sulfone groups is 1. The molecule has 0 aliphatic rings. The van der Waals surface area contributed by atoms with E-state index in [4.69, 9.17) is 27.9 Å². The van der Waals surface area contributed by atoms with Crippen LogP contribution in [0.2, 0.25) is 10.0 Å². The van der Waals surface area contributed by atoms with Crippen LogP contribution < -0.4 is 0 Å². The average Bonchev–Trinajstić information content (AvgIpc) is 2.43. The zero-order chi connectivity index (χ0) is 17.4. The number of hydrogen-bond acceptors (Lipinski definition) is 4. The molecule has 0 bridgehead atoms. The molecule has 4 nitrogen and oxygen atoms in total. The minimum atomic E-state index is -3.58. The predicted molar refractivity (Wildman–Crippen MR) is 91.1 cm³/mol. The molecule has 2 aromatic carbocycles. The number of carbonyl (C=O) groups is 1. The molecule has 23 heavy (non-hydrogen) atoms. The highest BCUT2D eigenvalue weighted by Crippen LogP contribution is 2.34. The highest BCUT2D eigenvalue weighted by molar-refractivity contribution is 7.90. The van der Waals surface area contributed by atoms with Gasteiger partial charge in [-0.2, -0.15) is 0 Å². The molecule has 0 saturated carbocycles. The maximum Gasteiger partial charge on any atom is 0.338 e. The first kappa shape index (κ1) is 17.8. The summed E-state index contributed by atoms with van der Waals surface area (Å²) in [6.45, 7) is 1.70. The molecule has 2 aromatic rings. The Morgan fingerprint density at radius 3 is 2.09 bits per heavy atom. The predicted octanol–water partition coefficient (Wildman–Crippen LogP) is 4.16. The van der Waals surface area contributed by atoms with Gasteiger partial charge in [-0.1, -0.05) is 23.2 Å². The van der Waals surface area contributed by atoms with E-state index in [1.807, 2.05) is 0 Å². The van der Waals surface area contributed by atoms with E-state index < -0.39 is 15.8 Å². The van der Waals surface area contributed by atoms with Crippen molar-refractivity contribution in [2.24, 2.45) is 0 Å². The van der Waals surface area contributed by atoms with Gasteiger partial charge in [0, 0.05) is 21.9 Å². The molecule has 0 radical (unpaired) electrons. The van der Waals surface area contributed by atoms with Crippen molar-refractivity contribution in [1.29, 1.82) is 0 Å². The molecular weight excluding hydrogens is 359 g/mol. The lowest BCUT2D eigenvalue weighted by Gasteiger charge is -2.13. The number of esters is 1. The van der Waals surface area contributed by atoms with E-state index in [9.17, 15) is 13.2 Å². The van der Waals surface area contributed by atoms with Crippen LogP contribution in [-0.4, -0.2) is 27.8 Å². The fraction of sp³-hybridized carbons (Fsp3) is 0.188. The van der Waals surface area contributed by atoms with Crippen LogP contribution in [0.1, 0.15) is 15.9 Å². The zero-order valence-corrected chi connectivity index (χ0v) is 15.0. The van der Waals surface area contributed by atoms with Crippen LogP contribution in [0.4, 0.5) is 0 Å². The summed E-state index contributed by atoms with van der Waals surface area (Å²) < 4.78 is 29.0. The van der Waals surface area contributed by atoms with E-state index in [1.54, 1.807) is 31.2 Å². The minimum absolute atomic E-state index is 0.0156. The highest BCUT2D eigenvalue weighted by atomic mass is 35.5. The smallest absolute Gasteiger partial charge is 0.338 e. The van der Waals surface area contributed by atoms with Crippen molar-refractivity contribution in [2.75, 3.05) is 13.4 Å². The second kappa shape index (κ2) is 6.51. The van der Waals surface area contributed by atoms with Crippen molar-refractivity contribution < 1.29 is 17.9 Å². The molecule has 0 spiro atoms. The fourth-order valence-electron chi connectivity index (χ4n) is 2.26. The highest BCUT2D eigenvalue weighted by Gasteiger charge is 2.21. The Hall–Kier alpha value is -1.56. The number of methoxy groups -OCH3 is 1. The summed E-state index contributed by atoms with van der Waals surface area (Å²) in [5.41, 5.74) is 1.78. The second-order valence-corrected chi connectivity index (χ2v) is 7.94. The van der Waals surface area contributed by atoms with Crippen LogP contribution in [0, 0.1) is 6.92 Å². The molecule has 0 saturated heterocycles. The minimum Gasteiger partial charge on any atom is -0.465 e. The molecule has 0 aliphatic heterocycles. The van der Waals surface area contributed by atoms with Crippen molar-refractivity contribution in [1.82, 2.24) is 0 Å². The number of ether oxygens (including phenoxy) is 1. The molecule has 0 aliphatic carbocycles. The molecule has 0 unspecified atom stereocenters. The van der Waals surface area contributed by atoms with Crippen LogP contribution in [-0.2, 0) is 14.6 Å². The van der Waals surface area contributed by atoms with Crippen LogP contribution >= 0.6 is 23.2 Å². The SMILES string of the molecule is COC(=O)c1cc(S(C)(=O)=O)c(-c2cc(Cl)cc(Cl)c2)cc1C. The number of carbonyl (C=O) groups excluding carboxylic acids is 1. The topological polar surface area (TPSA) is 60.4 Å². The number of aryl methyl sites for hydroxylation is 1. The summed E-state index contributed by atoms with van der Waals surface area (Å²) in [4.78, 5) is 11.8. The van der Waals surface area contributed by atoms with E-state index in [1.165, 1.54) is 13.2 Å². The zero-order valence-electron chi connectivity index (χ0n) is 12.7. The van der Waals surface area contributed by atoms with Gasteiger partial charge < -0.3 is 4.74 Å². The van der Waals surface area contributed by atoms with Gasteiger partial charge in [-0.15, -0.1) is 0 Å². The molecule has 0 atom stereocenters. The molecule has 0 amide bonds. The summed E-state index contributed by atoms with van der Waals surface area (Å²) >= 11 is 12.0. The van der Waals surface area contributed by atoms with Gasteiger partial charge in [0.2, 0.25) is 0 Å². The van der Waals surface area contributed by atoms with Gasteiger partial charge in [-0.3, -0.25) is 0 Å². The van der Waals surface area contributed by atoms with Gasteiger partial charge in [0.1, 0.15) is 0 Å². The van der Waals surface area contributed by atoms with Gasteiger partial charge in [-0.25, -0.2) is 13.2 Å². The van der Waals surface area contributed by atoms with Crippen LogP contribution in [0.3, 0.4) is 0 Å². The maximum atomic E-state index is 12.2. The molecule has 7 heteroatoms. The number of halogens is 2. The Balaban J connectivity index is 2.82. The van der Waals surface area contributed by atoms with Gasteiger partial charge >= 0.3 is 5.97 Å². The Morgan fingerprint density at radius 2 is 1.61 bits per heavy atom. The van der Waals surface area contributed by atoms with Crippen LogP contribution in [0.5, 0.6) is 0 Å². The van der Waals surface area contributed by atoms with Gasteiger partial charge in [-0.05, 0) is 48.4 Å². The van der Waals surface area contributed by atoms with Crippen molar-refractivity contribution >= 4 is 39.0 Å². The molecule has 122 valence electrons. The summed E-state index contributed by atoms with van der Waals surface area (Å²) in [5, 5.41) is 0.781. The third kappa shape index (κ3) is 3.86.